The van der Waals surface area contributed by atoms with Crippen LogP contribution < -0.4 is 4.90 Å². The van der Waals surface area contributed by atoms with Crippen LogP contribution in [-0.2, 0) is 19.7 Å². The van der Waals surface area contributed by atoms with Gasteiger partial charge in [0.15, 0.2) is 0 Å². The van der Waals surface area contributed by atoms with Gasteiger partial charge in [0.25, 0.3) is 0 Å². The van der Waals surface area contributed by atoms with Crippen molar-refractivity contribution in [2.45, 2.75) is 39.8 Å². The fourth-order valence-corrected chi connectivity index (χ4v) is 6.72. The maximum atomic E-state index is 6.30. The van der Waals surface area contributed by atoms with Gasteiger partial charge in [-0.15, -0.1) is 0 Å². The van der Waals surface area contributed by atoms with E-state index in [1.807, 2.05) is 32.9 Å². The minimum absolute atomic E-state index is 0.00662. The van der Waals surface area contributed by atoms with E-state index in [1.54, 1.807) is 0 Å². The molecule has 0 amide bonds. The predicted octanol–water partition coefficient (Wildman–Crippen LogP) is 4.71. The molecule has 0 fully saturated rings. The zero-order chi connectivity index (χ0) is 19.5. The second-order valence-electron chi connectivity index (χ2n) is 6.23. The number of likely N-dealkylation sites (N-methyl/N-ethyl adjacent to an activating group) is 1. The molecule has 0 N–H and O–H groups in total. The van der Waals surface area contributed by atoms with Gasteiger partial charge in [-0.2, -0.15) is 0 Å². The zero-order valence-electron chi connectivity index (χ0n) is 17.1. The van der Waals surface area contributed by atoms with Gasteiger partial charge in [0, 0.05) is 32.1 Å². The highest BCUT2D eigenvalue weighted by Gasteiger charge is 2.52. The Hall–Kier alpha value is -1.66. The van der Waals surface area contributed by atoms with Crippen LogP contribution in [0.5, 0.6) is 0 Å². The molecule has 0 aliphatic heterocycles. The van der Waals surface area contributed by atoms with Crippen LogP contribution in [0.2, 0.25) is 0 Å². The molecule has 0 heterocycles. The van der Waals surface area contributed by atoms with Gasteiger partial charge in [-0.05, 0) is 51.8 Å². The second kappa shape index (κ2) is 11.2. The first-order chi connectivity index (χ1) is 13.2. The Balaban J connectivity index is 2.51. The maximum Gasteiger partial charge on any atom is 0.525 e. The molecule has 2 rings (SSSR count). The Morgan fingerprint density at radius 1 is 0.741 bits per heavy atom. The van der Waals surface area contributed by atoms with E-state index in [4.69, 9.17) is 13.3 Å². The molecule has 2 aromatic carbocycles. The van der Waals surface area contributed by atoms with Crippen molar-refractivity contribution in [3.63, 3.8) is 0 Å². The van der Waals surface area contributed by atoms with E-state index >= 15 is 0 Å². The molecule has 2 aromatic rings. The Morgan fingerprint density at radius 3 is 1.67 bits per heavy atom. The fourth-order valence-electron chi connectivity index (χ4n) is 3.48. The molecule has 1 unspecified atom stereocenters. The molecular weight excluding hydrogens is 354 g/mol. The van der Waals surface area contributed by atoms with Crippen LogP contribution in [0.4, 0.5) is 5.69 Å². The van der Waals surface area contributed by atoms with Gasteiger partial charge in [0.05, 0.1) is 0 Å². The third-order valence-electron chi connectivity index (χ3n) is 4.52. The first-order valence-electron chi connectivity index (χ1n) is 9.98. The lowest BCUT2D eigenvalue weighted by Gasteiger charge is -2.42. The summed E-state index contributed by atoms with van der Waals surface area (Å²) >= 11 is 0. The topological polar surface area (TPSA) is 30.9 Å². The first kappa shape index (κ1) is 21.6. The lowest BCUT2D eigenvalue weighted by atomic mass is 10.1. The highest BCUT2D eigenvalue weighted by molar-refractivity contribution is 6.63. The molecule has 27 heavy (non-hydrogen) atoms. The second-order valence-corrected chi connectivity index (χ2v) is 8.97. The predicted molar refractivity (Wildman–Crippen MR) is 114 cm³/mol. The Labute approximate surface area is 165 Å². The van der Waals surface area contributed by atoms with Crippen LogP contribution in [0, 0.1) is 0 Å². The molecule has 0 spiro atoms. The number of hydrogen-bond donors (Lipinski definition) is 0. The van der Waals surface area contributed by atoms with E-state index in [9.17, 15) is 0 Å². The first-order valence-corrected chi connectivity index (χ1v) is 11.8. The Morgan fingerprint density at radius 2 is 1.22 bits per heavy atom. The lowest BCUT2D eigenvalue weighted by molar-refractivity contribution is 0.0613. The molecule has 4 nitrogen and oxygen atoms in total. The summed E-state index contributed by atoms with van der Waals surface area (Å²) in [6, 6.07) is 21.0. The van der Waals surface area contributed by atoms with E-state index in [2.05, 4.69) is 60.4 Å². The number of nitrogens with zero attached hydrogens (tertiary/aromatic N) is 1. The third-order valence-corrected chi connectivity index (χ3v) is 7.93. The summed E-state index contributed by atoms with van der Waals surface area (Å²) in [7, 11) is -2.95. The van der Waals surface area contributed by atoms with E-state index in [1.165, 1.54) is 5.56 Å². The van der Waals surface area contributed by atoms with Crippen LogP contribution in [-0.4, -0.2) is 40.8 Å². The van der Waals surface area contributed by atoms with E-state index in [0.29, 0.717) is 19.8 Å². The summed E-state index contributed by atoms with van der Waals surface area (Å²) in [6.07, 6.45) is 0.815. The minimum atomic E-state index is -2.95. The Kier molecular flexibility index (Phi) is 9.01. The minimum Gasteiger partial charge on any atom is -0.373 e. The maximum absolute atomic E-state index is 6.30. The fraction of sp³-hybridized carbons (Fsp3) is 0.455. The number of benzene rings is 2. The molecule has 1 atom stereocenters. The van der Waals surface area contributed by atoms with Crippen molar-refractivity contribution in [1.29, 1.82) is 0 Å². The van der Waals surface area contributed by atoms with Crippen LogP contribution >= 0.6 is 0 Å². The van der Waals surface area contributed by atoms with Crippen molar-refractivity contribution in [1.82, 2.24) is 0 Å². The lowest BCUT2D eigenvalue weighted by Crippen LogP contribution is -2.64. The van der Waals surface area contributed by atoms with Gasteiger partial charge in [-0.1, -0.05) is 48.5 Å². The largest absolute Gasteiger partial charge is 0.525 e. The summed E-state index contributed by atoms with van der Waals surface area (Å²) in [6.45, 7) is 10.8. The van der Waals surface area contributed by atoms with Crippen molar-refractivity contribution >= 4 is 14.5 Å². The van der Waals surface area contributed by atoms with Crippen LogP contribution in [0.3, 0.4) is 0 Å². The summed E-state index contributed by atoms with van der Waals surface area (Å²) in [5.74, 6) is 0. The van der Waals surface area contributed by atoms with Crippen molar-refractivity contribution in [2.24, 2.45) is 0 Å². The highest BCUT2D eigenvalue weighted by Crippen LogP contribution is 2.28. The van der Waals surface area contributed by atoms with Gasteiger partial charge in [0.2, 0.25) is 0 Å². The molecule has 0 aromatic heterocycles. The molecule has 0 saturated heterocycles. The number of hydrogen-bond acceptors (Lipinski definition) is 4. The monoisotopic (exact) mass is 387 g/mol. The molecule has 0 aliphatic rings. The summed E-state index contributed by atoms with van der Waals surface area (Å²) in [5, 5.41) is 0. The zero-order valence-corrected chi connectivity index (χ0v) is 18.1. The van der Waals surface area contributed by atoms with Crippen LogP contribution in [0.25, 0.3) is 0 Å². The SMILES string of the molecule is CCO[Si](OCC)(OCC)C(Cc1ccccc1)N(CC)c1ccccc1. The summed E-state index contributed by atoms with van der Waals surface area (Å²) in [5.41, 5.74) is 2.43. The Bertz CT molecular complexity index is 622. The molecule has 0 bridgehead atoms. The van der Waals surface area contributed by atoms with Crippen LogP contribution in [0.1, 0.15) is 33.3 Å². The summed E-state index contributed by atoms with van der Waals surface area (Å²) < 4.78 is 18.9. The van der Waals surface area contributed by atoms with Gasteiger partial charge in [0.1, 0.15) is 5.67 Å². The van der Waals surface area contributed by atoms with Gasteiger partial charge in [-0.3, -0.25) is 0 Å². The highest BCUT2D eigenvalue weighted by atomic mass is 28.4. The van der Waals surface area contributed by atoms with E-state index in [-0.39, 0.29) is 5.67 Å². The third kappa shape index (κ3) is 5.66. The standard InChI is InChI=1S/C22H33NO3Si/c1-5-23(21-17-13-10-14-18-21)22(19-20-15-11-9-12-16-20)27(24-6-2,25-7-3)26-8-4/h9-18,22H,5-8,19H2,1-4H3. The van der Waals surface area contributed by atoms with E-state index < -0.39 is 8.80 Å². The van der Waals surface area contributed by atoms with Crippen molar-refractivity contribution in [2.75, 3.05) is 31.3 Å². The summed E-state index contributed by atoms with van der Waals surface area (Å²) in [4.78, 5) is 2.38. The number of rotatable bonds is 12. The molecule has 0 saturated carbocycles. The van der Waals surface area contributed by atoms with Gasteiger partial charge < -0.3 is 18.2 Å². The van der Waals surface area contributed by atoms with Gasteiger partial charge >= 0.3 is 8.80 Å². The van der Waals surface area contributed by atoms with Gasteiger partial charge in [-0.25, -0.2) is 0 Å². The molecular formula is C22H33NO3Si. The smallest absolute Gasteiger partial charge is 0.373 e. The number of anilines is 1. The molecule has 0 aliphatic carbocycles. The normalized spacial score (nSPS) is 12.7. The van der Waals surface area contributed by atoms with Crippen LogP contribution in [0.15, 0.2) is 60.7 Å². The van der Waals surface area contributed by atoms with Crippen molar-refractivity contribution in [3.8, 4) is 0 Å². The van der Waals surface area contributed by atoms with E-state index in [0.717, 1.165) is 18.7 Å². The average molecular weight is 388 g/mol. The molecule has 5 heteroatoms. The average Bonchev–Trinajstić information content (AvgIpc) is 2.70. The quantitative estimate of drug-likeness (QED) is 0.494. The molecule has 0 radical (unpaired) electrons. The molecule has 148 valence electrons. The number of para-hydroxylation sites is 1. The van der Waals surface area contributed by atoms with Crippen molar-refractivity contribution in [3.05, 3.63) is 66.2 Å². The van der Waals surface area contributed by atoms with Crippen molar-refractivity contribution < 1.29 is 13.3 Å².